The molecule has 0 saturated heterocycles. The molecule has 1 aromatic rings. The second kappa shape index (κ2) is 5.47. The topological polar surface area (TPSA) is 37.8 Å². The van der Waals surface area contributed by atoms with Crippen LogP contribution in [0.25, 0.3) is 0 Å². The van der Waals surface area contributed by atoms with Crippen molar-refractivity contribution in [1.29, 1.82) is 0 Å². The van der Waals surface area contributed by atoms with E-state index in [1.807, 2.05) is 18.7 Å². The molecule has 5 heteroatoms. The summed E-state index contributed by atoms with van der Waals surface area (Å²) in [6, 6.07) is 0.691. The van der Waals surface area contributed by atoms with E-state index in [4.69, 9.17) is 0 Å². The van der Waals surface area contributed by atoms with Crippen LogP contribution in [0, 0.1) is 12.8 Å². The molecule has 0 bridgehead atoms. The largest absolute Gasteiger partial charge is 0.314 e. The minimum atomic E-state index is 0.691. The van der Waals surface area contributed by atoms with Crippen LogP contribution >= 0.6 is 23.3 Å². The molecule has 16 heavy (non-hydrogen) atoms. The highest BCUT2D eigenvalue weighted by atomic mass is 32.2. The number of rotatable bonds is 4. The van der Waals surface area contributed by atoms with E-state index in [0.29, 0.717) is 11.3 Å². The molecule has 0 radical (unpaired) electrons. The lowest BCUT2D eigenvalue weighted by molar-refractivity contribution is 0.441. The lowest BCUT2D eigenvalue weighted by atomic mass is 10.1. The molecule has 3 atom stereocenters. The summed E-state index contributed by atoms with van der Waals surface area (Å²) < 4.78 is 5.36. The molecular weight excluding hydrogens is 238 g/mol. The lowest BCUT2D eigenvalue weighted by Crippen LogP contribution is -2.32. The van der Waals surface area contributed by atoms with Crippen molar-refractivity contribution in [3.05, 3.63) is 5.82 Å². The number of thioether (sulfide) groups is 1. The highest BCUT2D eigenvalue weighted by molar-refractivity contribution is 8.01. The van der Waals surface area contributed by atoms with Crippen molar-refractivity contribution in [1.82, 2.24) is 14.7 Å². The number of hydrogen-bond acceptors (Lipinski definition) is 5. The summed E-state index contributed by atoms with van der Waals surface area (Å²) in [5.74, 6) is 1.63. The zero-order chi connectivity index (χ0) is 11.5. The molecular formula is C11H19N3S2. The third-order valence-electron chi connectivity index (χ3n) is 3.21. The van der Waals surface area contributed by atoms with Crippen molar-refractivity contribution < 1.29 is 0 Å². The summed E-state index contributed by atoms with van der Waals surface area (Å²) in [5, 5.41) is 4.27. The van der Waals surface area contributed by atoms with Gasteiger partial charge in [-0.05, 0) is 43.8 Å². The van der Waals surface area contributed by atoms with Crippen molar-refractivity contribution in [3.63, 3.8) is 0 Å². The van der Waals surface area contributed by atoms with Gasteiger partial charge in [0.1, 0.15) is 5.82 Å². The third-order valence-corrected chi connectivity index (χ3v) is 5.59. The minimum Gasteiger partial charge on any atom is -0.314 e. The van der Waals surface area contributed by atoms with E-state index in [2.05, 4.69) is 28.5 Å². The first-order valence-electron chi connectivity index (χ1n) is 5.91. The SMILES string of the molecule is CCNC1CCC(Sc2nc(C)ns2)C1C. The number of aromatic nitrogens is 2. The molecule has 3 unspecified atom stereocenters. The fourth-order valence-electron chi connectivity index (χ4n) is 2.30. The summed E-state index contributed by atoms with van der Waals surface area (Å²) >= 11 is 3.45. The van der Waals surface area contributed by atoms with Gasteiger partial charge < -0.3 is 5.32 Å². The van der Waals surface area contributed by atoms with Crippen LogP contribution in [0.2, 0.25) is 0 Å². The number of nitrogens with one attached hydrogen (secondary N) is 1. The normalized spacial score (nSPS) is 29.8. The Labute approximate surface area is 106 Å². The second-order valence-corrected chi connectivity index (χ2v) is 6.60. The van der Waals surface area contributed by atoms with Crippen LogP contribution in [0.4, 0.5) is 0 Å². The minimum absolute atomic E-state index is 0.691. The van der Waals surface area contributed by atoms with Gasteiger partial charge in [0.25, 0.3) is 0 Å². The molecule has 1 fully saturated rings. The maximum Gasteiger partial charge on any atom is 0.170 e. The van der Waals surface area contributed by atoms with Crippen molar-refractivity contribution in [2.24, 2.45) is 5.92 Å². The molecule has 1 saturated carbocycles. The average molecular weight is 257 g/mol. The highest BCUT2D eigenvalue weighted by Gasteiger charge is 2.33. The summed E-state index contributed by atoms with van der Waals surface area (Å²) in [5.41, 5.74) is 0. The van der Waals surface area contributed by atoms with Crippen molar-refractivity contribution in [2.75, 3.05) is 6.54 Å². The van der Waals surface area contributed by atoms with E-state index in [1.54, 1.807) is 0 Å². The number of nitrogens with zero attached hydrogens (tertiary/aromatic N) is 2. The maximum atomic E-state index is 4.43. The van der Waals surface area contributed by atoms with Gasteiger partial charge >= 0.3 is 0 Å². The van der Waals surface area contributed by atoms with Crippen molar-refractivity contribution in [3.8, 4) is 0 Å². The Morgan fingerprint density at radius 2 is 2.31 bits per heavy atom. The highest BCUT2D eigenvalue weighted by Crippen LogP contribution is 2.39. The van der Waals surface area contributed by atoms with Crippen molar-refractivity contribution >= 4 is 23.3 Å². The molecule has 0 amide bonds. The van der Waals surface area contributed by atoms with Gasteiger partial charge in [0.15, 0.2) is 4.34 Å². The second-order valence-electron chi connectivity index (χ2n) is 4.36. The van der Waals surface area contributed by atoms with E-state index in [1.165, 1.54) is 24.4 Å². The fourth-order valence-corrected chi connectivity index (χ4v) is 4.48. The molecule has 1 N–H and O–H groups in total. The van der Waals surface area contributed by atoms with Crippen LogP contribution in [0.15, 0.2) is 4.34 Å². The van der Waals surface area contributed by atoms with Gasteiger partial charge in [-0.1, -0.05) is 25.6 Å². The fraction of sp³-hybridized carbons (Fsp3) is 0.818. The molecule has 1 aromatic heterocycles. The quantitative estimate of drug-likeness (QED) is 0.900. The molecule has 0 aromatic carbocycles. The van der Waals surface area contributed by atoms with Gasteiger partial charge in [-0.15, -0.1) is 0 Å². The summed E-state index contributed by atoms with van der Waals surface area (Å²) in [6.07, 6.45) is 2.59. The van der Waals surface area contributed by atoms with Crippen LogP contribution in [0.5, 0.6) is 0 Å². The summed E-state index contributed by atoms with van der Waals surface area (Å²) in [7, 11) is 0. The van der Waals surface area contributed by atoms with Crippen LogP contribution in [-0.2, 0) is 0 Å². The van der Waals surface area contributed by atoms with E-state index < -0.39 is 0 Å². The molecule has 2 rings (SSSR count). The van der Waals surface area contributed by atoms with E-state index in [0.717, 1.165) is 22.6 Å². The first-order valence-corrected chi connectivity index (χ1v) is 7.56. The van der Waals surface area contributed by atoms with Crippen LogP contribution in [-0.4, -0.2) is 27.2 Å². The maximum absolute atomic E-state index is 4.43. The lowest BCUT2D eigenvalue weighted by Gasteiger charge is -2.19. The smallest absolute Gasteiger partial charge is 0.170 e. The Hall–Kier alpha value is -0.130. The number of hydrogen-bond donors (Lipinski definition) is 1. The Kier molecular flexibility index (Phi) is 4.21. The predicted molar refractivity (Wildman–Crippen MR) is 70.2 cm³/mol. The van der Waals surface area contributed by atoms with Gasteiger partial charge in [0.05, 0.1) is 0 Å². The molecule has 1 aliphatic carbocycles. The van der Waals surface area contributed by atoms with E-state index in [-0.39, 0.29) is 0 Å². The Bertz CT molecular complexity index is 340. The Morgan fingerprint density at radius 3 is 2.94 bits per heavy atom. The molecule has 1 heterocycles. The number of aryl methyl sites for hydroxylation is 1. The first-order chi connectivity index (χ1) is 7.70. The van der Waals surface area contributed by atoms with Crippen LogP contribution in [0.3, 0.4) is 0 Å². The zero-order valence-electron chi connectivity index (χ0n) is 10.1. The van der Waals surface area contributed by atoms with Gasteiger partial charge in [-0.25, -0.2) is 4.98 Å². The molecule has 1 aliphatic rings. The van der Waals surface area contributed by atoms with Gasteiger partial charge in [0.2, 0.25) is 0 Å². The van der Waals surface area contributed by atoms with E-state index >= 15 is 0 Å². The van der Waals surface area contributed by atoms with E-state index in [9.17, 15) is 0 Å². The predicted octanol–water partition coefficient (Wildman–Crippen LogP) is 2.72. The molecule has 3 nitrogen and oxygen atoms in total. The Morgan fingerprint density at radius 1 is 1.50 bits per heavy atom. The molecule has 0 aliphatic heterocycles. The van der Waals surface area contributed by atoms with Crippen LogP contribution in [0.1, 0.15) is 32.5 Å². The third kappa shape index (κ3) is 2.76. The monoisotopic (exact) mass is 257 g/mol. The van der Waals surface area contributed by atoms with Gasteiger partial charge in [-0.3, -0.25) is 0 Å². The zero-order valence-corrected chi connectivity index (χ0v) is 11.7. The molecule has 0 spiro atoms. The molecule has 90 valence electrons. The van der Waals surface area contributed by atoms with Crippen LogP contribution < -0.4 is 5.32 Å². The first kappa shape index (κ1) is 12.3. The summed E-state index contributed by atoms with van der Waals surface area (Å²) in [4.78, 5) is 4.43. The standard InChI is InChI=1S/C11H19N3S2/c1-4-12-9-5-6-10(7(9)2)15-11-13-8(3)14-16-11/h7,9-10,12H,4-6H2,1-3H3. The van der Waals surface area contributed by atoms with Crippen molar-refractivity contribution in [2.45, 2.75) is 49.2 Å². The van der Waals surface area contributed by atoms with Gasteiger partial charge in [-0.2, -0.15) is 4.37 Å². The van der Waals surface area contributed by atoms with Gasteiger partial charge in [0, 0.05) is 11.3 Å². The summed E-state index contributed by atoms with van der Waals surface area (Å²) in [6.45, 7) is 7.57. The Balaban J connectivity index is 1.92. The average Bonchev–Trinajstić information content (AvgIpc) is 2.80.